The lowest BCUT2D eigenvalue weighted by atomic mass is 10.2. The lowest BCUT2D eigenvalue weighted by Crippen LogP contribution is -2.12. The van der Waals surface area contributed by atoms with Gasteiger partial charge in [-0.3, -0.25) is 4.79 Å². The van der Waals surface area contributed by atoms with Crippen LogP contribution in [-0.2, 0) is 11.2 Å². The molecule has 3 aromatic rings. The molecule has 0 aliphatic heterocycles. The van der Waals surface area contributed by atoms with Gasteiger partial charge in [-0.05, 0) is 18.6 Å². The van der Waals surface area contributed by atoms with Crippen LogP contribution in [-0.4, -0.2) is 17.5 Å². The van der Waals surface area contributed by atoms with E-state index in [9.17, 15) is 4.79 Å². The Morgan fingerprint density at radius 3 is 2.86 bits per heavy atom. The molecule has 3 rings (SSSR count). The second-order valence-electron chi connectivity index (χ2n) is 6.17. The molecule has 0 saturated carbocycles. The van der Waals surface area contributed by atoms with E-state index in [-0.39, 0.29) is 12.3 Å². The molecule has 1 aromatic heterocycles. The lowest BCUT2D eigenvalue weighted by Gasteiger charge is -2.08. The van der Waals surface area contributed by atoms with Gasteiger partial charge in [0.25, 0.3) is 0 Å². The first-order valence-corrected chi connectivity index (χ1v) is 9.14. The molecule has 0 fully saturated rings. The van der Waals surface area contributed by atoms with Gasteiger partial charge in [0.05, 0.1) is 18.9 Å². The summed E-state index contributed by atoms with van der Waals surface area (Å²) in [6.07, 6.45) is 3.50. The smallest absolute Gasteiger partial charge is 0.224 e. The lowest BCUT2D eigenvalue weighted by molar-refractivity contribution is -0.116. The zero-order chi connectivity index (χ0) is 19.6. The van der Waals surface area contributed by atoms with E-state index in [2.05, 4.69) is 16.4 Å². The largest absolute Gasteiger partial charge is 0.493 e. The molecule has 1 N–H and O–H groups in total. The van der Waals surface area contributed by atoms with Crippen molar-refractivity contribution in [3.63, 3.8) is 0 Å². The first-order valence-electron chi connectivity index (χ1n) is 9.14. The third kappa shape index (κ3) is 5.71. The summed E-state index contributed by atoms with van der Waals surface area (Å²) in [4.78, 5) is 16.5. The van der Waals surface area contributed by atoms with Crippen LogP contribution in [0.15, 0.2) is 65.2 Å². The number of benzene rings is 2. The van der Waals surface area contributed by atoms with Crippen molar-refractivity contribution >= 4 is 11.6 Å². The van der Waals surface area contributed by atoms with Crippen molar-refractivity contribution in [1.29, 1.82) is 5.26 Å². The number of hydrogen-bond donors (Lipinski definition) is 1. The molecule has 0 saturated heterocycles. The quantitative estimate of drug-likeness (QED) is 0.552. The number of unbranched alkanes of at least 4 members (excludes halogenated alkanes) is 1. The van der Waals surface area contributed by atoms with Crippen LogP contribution in [0, 0.1) is 11.3 Å². The predicted octanol–water partition coefficient (Wildman–Crippen LogP) is 4.60. The third-order valence-corrected chi connectivity index (χ3v) is 4.00. The highest BCUT2D eigenvalue weighted by atomic mass is 16.5. The van der Waals surface area contributed by atoms with Crippen LogP contribution in [0.5, 0.6) is 5.75 Å². The molecule has 1 heterocycles. The average Bonchev–Trinajstić information content (AvgIpc) is 3.20. The van der Waals surface area contributed by atoms with Gasteiger partial charge in [-0.25, -0.2) is 4.98 Å². The van der Waals surface area contributed by atoms with E-state index in [0.29, 0.717) is 49.0 Å². The van der Waals surface area contributed by atoms with Gasteiger partial charge in [-0.2, -0.15) is 5.26 Å². The van der Waals surface area contributed by atoms with Gasteiger partial charge in [0.1, 0.15) is 5.75 Å². The van der Waals surface area contributed by atoms with Gasteiger partial charge in [-0.1, -0.05) is 36.4 Å². The molecule has 2 aromatic carbocycles. The van der Waals surface area contributed by atoms with Gasteiger partial charge in [-0.15, -0.1) is 0 Å². The van der Waals surface area contributed by atoms with Crippen molar-refractivity contribution in [3.05, 3.63) is 66.7 Å². The third-order valence-electron chi connectivity index (χ3n) is 4.00. The zero-order valence-corrected chi connectivity index (χ0v) is 15.4. The van der Waals surface area contributed by atoms with E-state index in [1.807, 2.05) is 42.5 Å². The Kier molecular flexibility index (Phi) is 6.80. The number of aromatic nitrogens is 1. The standard InChI is InChI=1S/C22H21N3O3/c23-13-4-5-14-27-19-10-6-9-18(15-19)25-21(26)11-12-22-24-16-20(28-22)17-7-2-1-3-8-17/h1-3,6-10,15-16H,4-5,11-12,14H2,(H,25,26). The molecular formula is C22H21N3O3. The van der Waals surface area contributed by atoms with Crippen LogP contribution >= 0.6 is 0 Å². The van der Waals surface area contributed by atoms with Crippen LogP contribution in [0.1, 0.15) is 25.2 Å². The summed E-state index contributed by atoms with van der Waals surface area (Å²) in [7, 11) is 0. The van der Waals surface area contributed by atoms with Crippen LogP contribution in [0.2, 0.25) is 0 Å². The number of oxazole rings is 1. The van der Waals surface area contributed by atoms with Crippen LogP contribution in [0.4, 0.5) is 5.69 Å². The highest BCUT2D eigenvalue weighted by Crippen LogP contribution is 2.21. The summed E-state index contributed by atoms with van der Waals surface area (Å²) >= 11 is 0. The minimum Gasteiger partial charge on any atom is -0.493 e. The fourth-order valence-electron chi connectivity index (χ4n) is 2.61. The van der Waals surface area contributed by atoms with E-state index >= 15 is 0 Å². The number of nitriles is 1. The first kappa shape index (κ1) is 19.2. The summed E-state index contributed by atoms with van der Waals surface area (Å²) in [6.45, 7) is 0.471. The van der Waals surface area contributed by atoms with Gasteiger partial charge in [0.2, 0.25) is 5.91 Å². The highest BCUT2D eigenvalue weighted by molar-refractivity contribution is 5.90. The maximum atomic E-state index is 12.2. The molecule has 28 heavy (non-hydrogen) atoms. The molecular weight excluding hydrogens is 354 g/mol. The zero-order valence-electron chi connectivity index (χ0n) is 15.4. The number of ether oxygens (including phenoxy) is 1. The molecule has 0 bridgehead atoms. The van der Waals surface area contributed by atoms with Crippen molar-refractivity contribution in [2.24, 2.45) is 0 Å². The monoisotopic (exact) mass is 375 g/mol. The van der Waals surface area contributed by atoms with Crippen molar-refractivity contribution in [1.82, 2.24) is 4.98 Å². The summed E-state index contributed by atoms with van der Waals surface area (Å²) in [6, 6.07) is 19.0. The minimum atomic E-state index is -0.124. The van der Waals surface area contributed by atoms with Crippen LogP contribution in [0.25, 0.3) is 11.3 Å². The van der Waals surface area contributed by atoms with Crippen LogP contribution < -0.4 is 10.1 Å². The molecule has 1 amide bonds. The predicted molar refractivity (Wildman–Crippen MR) is 106 cm³/mol. The van der Waals surface area contributed by atoms with E-state index in [1.54, 1.807) is 18.3 Å². The highest BCUT2D eigenvalue weighted by Gasteiger charge is 2.09. The maximum absolute atomic E-state index is 12.2. The van der Waals surface area contributed by atoms with Gasteiger partial charge in [0.15, 0.2) is 11.7 Å². The number of nitrogens with zero attached hydrogens (tertiary/aromatic N) is 2. The summed E-state index contributed by atoms with van der Waals surface area (Å²) in [5.74, 6) is 1.76. The first-order chi connectivity index (χ1) is 13.7. The van der Waals surface area contributed by atoms with Gasteiger partial charge in [0, 0.05) is 36.6 Å². The number of carbonyl (C=O) groups is 1. The van der Waals surface area contributed by atoms with E-state index in [4.69, 9.17) is 14.4 Å². The van der Waals surface area contributed by atoms with Crippen LogP contribution in [0.3, 0.4) is 0 Å². The Bertz CT molecular complexity index is 945. The Morgan fingerprint density at radius 2 is 2.04 bits per heavy atom. The Hall–Kier alpha value is -3.59. The SMILES string of the molecule is N#CCCCOc1cccc(NC(=O)CCc2ncc(-c3ccccc3)o2)c1. The molecule has 0 radical (unpaired) electrons. The van der Waals surface area contributed by atoms with E-state index < -0.39 is 0 Å². The number of hydrogen-bond acceptors (Lipinski definition) is 5. The van der Waals surface area contributed by atoms with E-state index in [1.165, 1.54) is 0 Å². The number of nitrogens with one attached hydrogen (secondary N) is 1. The van der Waals surface area contributed by atoms with E-state index in [0.717, 1.165) is 5.56 Å². The second kappa shape index (κ2) is 9.93. The van der Waals surface area contributed by atoms with Gasteiger partial charge < -0.3 is 14.5 Å². The molecule has 142 valence electrons. The fourth-order valence-corrected chi connectivity index (χ4v) is 2.61. The topological polar surface area (TPSA) is 88.1 Å². The number of aryl methyl sites for hydroxylation is 1. The number of amides is 1. The summed E-state index contributed by atoms with van der Waals surface area (Å²) < 4.78 is 11.3. The molecule has 0 aliphatic rings. The molecule has 0 atom stereocenters. The fraction of sp³-hybridized carbons (Fsp3) is 0.227. The molecule has 0 unspecified atom stereocenters. The summed E-state index contributed by atoms with van der Waals surface area (Å²) in [5.41, 5.74) is 1.62. The number of carbonyl (C=O) groups excluding carboxylic acids is 1. The Balaban J connectivity index is 1.48. The van der Waals surface area contributed by atoms with Crippen molar-refractivity contribution in [3.8, 4) is 23.1 Å². The molecule has 6 heteroatoms. The molecule has 0 aliphatic carbocycles. The Morgan fingerprint density at radius 1 is 1.18 bits per heavy atom. The molecule has 0 spiro atoms. The van der Waals surface area contributed by atoms with Crippen molar-refractivity contribution in [2.75, 3.05) is 11.9 Å². The van der Waals surface area contributed by atoms with Crippen molar-refractivity contribution < 1.29 is 13.9 Å². The minimum absolute atomic E-state index is 0.124. The van der Waals surface area contributed by atoms with Gasteiger partial charge >= 0.3 is 0 Å². The number of rotatable bonds is 9. The Labute approximate surface area is 163 Å². The maximum Gasteiger partial charge on any atom is 0.224 e. The summed E-state index contributed by atoms with van der Waals surface area (Å²) in [5, 5.41) is 11.4. The second-order valence-corrected chi connectivity index (χ2v) is 6.17. The number of anilines is 1. The van der Waals surface area contributed by atoms with Crippen molar-refractivity contribution in [2.45, 2.75) is 25.7 Å². The molecule has 6 nitrogen and oxygen atoms in total. The average molecular weight is 375 g/mol. The normalized spacial score (nSPS) is 10.2.